The topological polar surface area (TPSA) is 58.2 Å². The molecule has 1 aromatic rings. The van der Waals surface area contributed by atoms with E-state index in [-0.39, 0.29) is 10.6 Å². The van der Waals surface area contributed by atoms with Crippen LogP contribution in [0.15, 0.2) is 18.2 Å². The van der Waals surface area contributed by atoms with Crippen molar-refractivity contribution in [3.8, 4) is 0 Å². The summed E-state index contributed by atoms with van der Waals surface area (Å²) >= 11 is 5.58. The second-order valence-electron chi connectivity index (χ2n) is 3.80. The van der Waals surface area contributed by atoms with Crippen LogP contribution in [0.25, 0.3) is 0 Å². The van der Waals surface area contributed by atoms with Crippen molar-refractivity contribution in [1.82, 2.24) is 5.32 Å². The largest absolute Gasteiger partial charge is 0.463 e. The molecular weight excluding hydrogens is 323 g/mol. The molecule has 0 saturated carbocycles. The van der Waals surface area contributed by atoms with Gasteiger partial charge in [0.15, 0.2) is 0 Å². The number of carbonyl (C=O) groups excluding carboxylic acids is 2. The van der Waals surface area contributed by atoms with Gasteiger partial charge in [0, 0.05) is 12.6 Å². The number of nitrogens with one attached hydrogen (secondary N) is 2. The maximum Gasteiger partial charge on any atom is 0.463 e. The van der Waals surface area contributed by atoms with Crippen LogP contribution in [0.1, 0.15) is 10.4 Å². The van der Waals surface area contributed by atoms with Crippen molar-refractivity contribution >= 4 is 29.1 Å². The Kier molecular flexibility index (Phi) is 4.77. The van der Waals surface area contributed by atoms with E-state index in [1.807, 2.05) is 0 Å². The van der Waals surface area contributed by atoms with Gasteiger partial charge in [-0.25, -0.2) is 0 Å². The van der Waals surface area contributed by atoms with Crippen molar-refractivity contribution in [3.05, 3.63) is 28.8 Å². The summed E-state index contributed by atoms with van der Waals surface area (Å²) < 4.78 is 61.7. The third-order valence-electron chi connectivity index (χ3n) is 2.35. The van der Waals surface area contributed by atoms with Crippen molar-refractivity contribution in [3.63, 3.8) is 0 Å². The minimum atomic E-state index is -6.04. The molecule has 0 unspecified atom stereocenters. The van der Waals surface area contributed by atoms with Crippen LogP contribution in [0.4, 0.5) is 27.6 Å². The van der Waals surface area contributed by atoms with Gasteiger partial charge in [0.2, 0.25) is 0 Å². The molecule has 2 amide bonds. The number of hydrogen-bond donors (Lipinski definition) is 2. The minimum absolute atomic E-state index is 0.0764. The van der Waals surface area contributed by atoms with Crippen molar-refractivity contribution < 1.29 is 31.5 Å². The maximum atomic E-state index is 12.8. The minimum Gasteiger partial charge on any atom is -0.355 e. The molecule has 0 bridgehead atoms. The van der Waals surface area contributed by atoms with E-state index < -0.39 is 29.6 Å². The molecule has 0 atom stereocenters. The van der Waals surface area contributed by atoms with Gasteiger partial charge in [0.05, 0.1) is 10.7 Å². The predicted molar refractivity (Wildman–Crippen MR) is 64.5 cm³/mol. The fourth-order valence-corrected chi connectivity index (χ4v) is 1.40. The standard InChI is InChI=1S/C11H8ClF5N2O2/c1-18-8(20)5-2-3-6(12)7(4-5)19-9(21)10(13,14)11(15,16)17/h2-4H,1H3,(H,18,20)(H,19,21). The van der Waals surface area contributed by atoms with Crippen LogP contribution in [-0.2, 0) is 4.79 Å². The fraction of sp³-hybridized carbons (Fsp3) is 0.273. The van der Waals surface area contributed by atoms with E-state index in [1.54, 1.807) is 0 Å². The third-order valence-corrected chi connectivity index (χ3v) is 2.67. The first kappa shape index (κ1) is 17.2. The summed E-state index contributed by atoms with van der Waals surface area (Å²) in [6.45, 7) is 0. The zero-order valence-corrected chi connectivity index (χ0v) is 11.1. The quantitative estimate of drug-likeness (QED) is 0.837. The lowest BCUT2D eigenvalue weighted by molar-refractivity contribution is -0.267. The van der Waals surface area contributed by atoms with Crippen LogP contribution in [-0.4, -0.2) is 31.0 Å². The van der Waals surface area contributed by atoms with Gasteiger partial charge >= 0.3 is 18.0 Å². The van der Waals surface area contributed by atoms with E-state index in [2.05, 4.69) is 5.32 Å². The lowest BCUT2D eigenvalue weighted by Gasteiger charge is -2.19. The summed E-state index contributed by atoms with van der Waals surface area (Å²) in [5.41, 5.74) is -0.612. The van der Waals surface area contributed by atoms with Gasteiger partial charge in [-0.2, -0.15) is 22.0 Å². The number of carbonyl (C=O) groups is 2. The van der Waals surface area contributed by atoms with Gasteiger partial charge < -0.3 is 10.6 Å². The van der Waals surface area contributed by atoms with E-state index in [1.165, 1.54) is 18.4 Å². The summed E-state index contributed by atoms with van der Waals surface area (Å²) in [6, 6.07) is 3.16. The number of halogens is 6. The molecule has 0 aliphatic carbocycles. The number of hydrogen-bond acceptors (Lipinski definition) is 2. The van der Waals surface area contributed by atoms with E-state index in [4.69, 9.17) is 11.6 Å². The average Bonchev–Trinajstić information content (AvgIpc) is 2.38. The molecule has 0 saturated heterocycles. The molecule has 0 radical (unpaired) electrons. The van der Waals surface area contributed by atoms with Gasteiger partial charge in [0.25, 0.3) is 5.91 Å². The molecule has 0 aromatic heterocycles. The number of rotatable bonds is 3. The van der Waals surface area contributed by atoms with Crippen LogP contribution in [0.3, 0.4) is 0 Å². The van der Waals surface area contributed by atoms with E-state index in [0.29, 0.717) is 0 Å². The van der Waals surface area contributed by atoms with Crippen LogP contribution >= 0.6 is 11.6 Å². The van der Waals surface area contributed by atoms with Crippen LogP contribution < -0.4 is 10.6 Å². The van der Waals surface area contributed by atoms with E-state index >= 15 is 0 Å². The molecular formula is C11H8ClF5N2O2. The molecule has 4 nitrogen and oxygen atoms in total. The van der Waals surface area contributed by atoms with Gasteiger partial charge in [-0.05, 0) is 18.2 Å². The summed E-state index contributed by atoms with van der Waals surface area (Å²) in [7, 11) is 1.28. The Morgan fingerprint density at radius 2 is 1.71 bits per heavy atom. The molecule has 0 aliphatic rings. The van der Waals surface area contributed by atoms with Crippen LogP contribution in [0.2, 0.25) is 5.02 Å². The number of benzene rings is 1. The molecule has 21 heavy (non-hydrogen) atoms. The Morgan fingerprint density at radius 3 is 2.19 bits per heavy atom. The zero-order valence-electron chi connectivity index (χ0n) is 10.3. The van der Waals surface area contributed by atoms with Gasteiger partial charge in [0.1, 0.15) is 0 Å². The van der Waals surface area contributed by atoms with Crippen molar-refractivity contribution in [2.45, 2.75) is 12.1 Å². The lowest BCUT2D eigenvalue weighted by atomic mass is 10.1. The smallest absolute Gasteiger partial charge is 0.355 e. The Hall–Kier alpha value is -1.90. The highest BCUT2D eigenvalue weighted by Gasteiger charge is 2.63. The first-order chi connectivity index (χ1) is 9.50. The Balaban J connectivity index is 3.08. The Bertz CT molecular complexity index is 574. The highest BCUT2D eigenvalue weighted by atomic mass is 35.5. The fourth-order valence-electron chi connectivity index (χ4n) is 1.24. The Morgan fingerprint density at radius 1 is 1.14 bits per heavy atom. The summed E-state index contributed by atoms with van der Waals surface area (Å²) in [6.07, 6.45) is -6.04. The number of alkyl halides is 5. The number of amides is 2. The molecule has 0 heterocycles. The monoisotopic (exact) mass is 330 g/mol. The molecule has 0 aliphatic heterocycles. The molecule has 0 spiro atoms. The first-order valence-electron chi connectivity index (χ1n) is 5.28. The van der Waals surface area contributed by atoms with Gasteiger partial charge in [-0.15, -0.1) is 0 Å². The molecule has 2 N–H and O–H groups in total. The average molecular weight is 331 g/mol. The molecule has 10 heteroatoms. The second-order valence-corrected chi connectivity index (χ2v) is 4.21. The summed E-state index contributed by atoms with van der Waals surface area (Å²) in [5.74, 6) is -8.81. The van der Waals surface area contributed by atoms with Crippen molar-refractivity contribution in [1.29, 1.82) is 0 Å². The van der Waals surface area contributed by atoms with Gasteiger partial charge in [-0.3, -0.25) is 9.59 Å². The molecule has 1 aromatic carbocycles. The van der Waals surface area contributed by atoms with Crippen LogP contribution in [0, 0.1) is 0 Å². The SMILES string of the molecule is CNC(=O)c1ccc(Cl)c(NC(=O)C(F)(F)C(F)(F)F)c1. The first-order valence-corrected chi connectivity index (χ1v) is 5.66. The highest BCUT2D eigenvalue weighted by molar-refractivity contribution is 6.34. The third kappa shape index (κ3) is 3.60. The summed E-state index contributed by atoms with van der Waals surface area (Å²) in [4.78, 5) is 22.4. The van der Waals surface area contributed by atoms with Gasteiger partial charge in [-0.1, -0.05) is 11.6 Å². The van der Waals surface area contributed by atoms with E-state index in [0.717, 1.165) is 12.1 Å². The zero-order chi connectivity index (χ0) is 16.4. The molecule has 0 fully saturated rings. The Labute approximate surface area is 120 Å². The molecule has 1 rings (SSSR count). The van der Waals surface area contributed by atoms with Crippen molar-refractivity contribution in [2.75, 3.05) is 12.4 Å². The highest BCUT2D eigenvalue weighted by Crippen LogP contribution is 2.37. The maximum absolute atomic E-state index is 12.8. The predicted octanol–water partition coefficient (Wildman–Crippen LogP) is 2.84. The number of anilines is 1. The van der Waals surface area contributed by atoms with Crippen molar-refractivity contribution in [2.24, 2.45) is 0 Å². The van der Waals surface area contributed by atoms with Crippen LogP contribution in [0.5, 0.6) is 0 Å². The lowest BCUT2D eigenvalue weighted by Crippen LogP contribution is -2.47. The normalized spacial score (nSPS) is 12.0. The van der Waals surface area contributed by atoms with E-state index in [9.17, 15) is 31.5 Å². The summed E-state index contributed by atoms with van der Waals surface area (Å²) in [5, 5.41) is 3.27. The molecule has 116 valence electrons. The second kappa shape index (κ2) is 5.84.